The maximum atomic E-state index is 15.1. The van der Waals surface area contributed by atoms with Gasteiger partial charge in [-0.05, 0) is 31.0 Å². The third kappa shape index (κ3) is 3.53. The number of carbonyl (C=O) groups is 1. The number of hydrogen-bond acceptors (Lipinski definition) is 4. The second kappa shape index (κ2) is 8.47. The van der Waals surface area contributed by atoms with E-state index >= 15 is 4.39 Å². The normalized spacial score (nSPS) is 20.0. The molecule has 2 heterocycles. The van der Waals surface area contributed by atoms with Crippen molar-refractivity contribution in [2.24, 2.45) is 0 Å². The quantitative estimate of drug-likeness (QED) is 0.507. The van der Waals surface area contributed by atoms with E-state index in [1.807, 2.05) is 12.1 Å². The van der Waals surface area contributed by atoms with Gasteiger partial charge in [-0.2, -0.15) is 0 Å². The van der Waals surface area contributed by atoms with Gasteiger partial charge in [0.2, 0.25) is 0 Å². The number of benzene rings is 2. The van der Waals surface area contributed by atoms with Gasteiger partial charge in [0, 0.05) is 46.5 Å². The molecular formula is C27H22FN3O2. The van der Waals surface area contributed by atoms with Crippen molar-refractivity contribution >= 4 is 23.1 Å². The van der Waals surface area contributed by atoms with Crippen LogP contribution in [0.4, 0.5) is 10.1 Å². The number of rotatable bonds is 3. The van der Waals surface area contributed by atoms with Crippen LogP contribution in [0.2, 0.25) is 0 Å². The highest BCUT2D eigenvalue weighted by Crippen LogP contribution is 2.48. The van der Waals surface area contributed by atoms with Crippen molar-refractivity contribution in [1.29, 1.82) is 5.41 Å². The molecule has 33 heavy (non-hydrogen) atoms. The van der Waals surface area contributed by atoms with Crippen LogP contribution in [0.5, 0.6) is 0 Å². The molecular weight excluding hydrogens is 417 g/mol. The van der Waals surface area contributed by atoms with E-state index in [2.05, 4.69) is 4.98 Å². The summed E-state index contributed by atoms with van der Waals surface area (Å²) in [6, 6.07) is 18.7. The van der Waals surface area contributed by atoms with Crippen molar-refractivity contribution < 1.29 is 14.3 Å². The first kappa shape index (κ1) is 20.8. The van der Waals surface area contributed by atoms with Crippen LogP contribution >= 0.6 is 0 Å². The van der Waals surface area contributed by atoms with Gasteiger partial charge in [0.25, 0.3) is 0 Å². The molecule has 164 valence electrons. The van der Waals surface area contributed by atoms with Crippen LogP contribution in [0.1, 0.15) is 36.3 Å². The highest BCUT2D eigenvalue weighted by Gasteiger charge is 2.44. The summed E-state index contributed by atoms with van der Waals surface area (Å²) >= 11 is 0. The summed E-state index contributed by atoms with van der Waals surface area (Å²) in [6.07, 6.45) is 4.83. The summed E-state index contributed by atoms with van der Waals surface area (Å²) in [5, 5.41) is 20.6. The lowest BCUT2D eigenvalue weighted by Gasteiger charge is -2.41. The molecule has 6 heteroatoms. The molecule has 0 amide bonds. The zero-order chi connectivity index (χ0) is 22.9. The standard InChI is InChI=1S/C27H22FN3O2/c28-20-12-5-4-11-19(20)23-24-21(13-6-14-22(24)32)31(18-10-7-15-30-16-18)27(29)25(23)26(33)17-8-2-1-3-9-17/h1-5,7-12,15-16,23,29,33H,6,13-14H2/b26-25+,29-27?. The van der Waals surface area contributed by atoms with Gasteiger partial charge in [-0.15, -0.1) is 0 Å². The number of aliphatic hydroxyl groups is 1. The Kier molecular flexibility index (Phi) is 5.34. The number of anilines is 1. The Labute approximate surface area is 191 Å². The lowest BCUT2D eigenvalue weighted by atomic mass is 9.73. The summed E-state index contributed by atoms with van der Waals surface area (Å²) in [7, 11) is 0. The number of amidine groups is 1. The molecule has 0 saturated heterocycles. The van der Waals surface area contributed by atoms with Crippen LogP contribution < -0.4 is 4.90 Å². The molecule has 1 aromatic heterocycles. The van der Waals surface area contributed by atoms with Gasteiger partial charge in [-0.3, -0.25) is 20.1 Å². The van der Waals surface area contributed by atoms with E-state index in [1.165, 1.54) is 6.07 Å². The van der Waals surface area contributed by atoms with Gasteiger partial charge >= 0.3 is 0 Å². The number of aliphatic hydroxyl groups excluding tert-OH is 1. The van der Waals surface area contributed by atoms with Gasteiger partial charge < -0.3 is 5.11 Å². The minimum absolute atomic E-state index is 0.00561. The van der Waals surface area contributed by atoms with E-state index < -0.39 is 11.7 Å². The number of allylic oxidation sites excluding steroid dienone is 2. The molecule has 0 saturated carbocycles. The Hall–Kier alpha value is -4.06. The van der Waals surface area contributed by atoms with Crippen LogP contribution in [-0.4, -0.2) is 21.7 Å². The van der Waals surface area contributed by atoms with Crippen LogP contribution in [0, 0.1) is 11.2 Å². The monoisotopic (exact) mass is 439 g/mol. The van der Waals surface area contributed by atoms with Gasteiger partial charge in [-0.1, -0.05) is 48.5 Å². The van der Waals surface area contributed by atoms with E-state index in [0.29, 0.717) is 41.8 Å². The number of halogens is 1. The smallest absolute Gasteiger partial charge is 0.161 e. The molecule has 1 aliphatic heterocycles. The number of nitrogens with zero attached hydrogens (tertiary/aromatic N) is 2. The molecule has 5 rings (SSSR count). The Bertz CT molecular complexity index is 1300. The van der Waals surface area contributed by atoms with E-state index in [0.717, 1.165) is 0 Å². The lowest BCUT2D eigenvalue weighted by Crippen LogP contribution is -2.42. The molecule has 0 fully saturated rings. The average molecular weight is 439 g/mol. The summed E-state index contributed by atoms with van der Waals surface area (Å²) < 4.78 is 15.1. The largest absolute Gasteiger partial charge is 0.507 e. The Morgan fingerprint density at radius 1 is 1.03 bits per heavy atom. The molecule has 1 atom stereocenters. The summed E-state index contributed by atoms with van der Waals surface area (Å²) in [5.74, 6) is -1.59. The van der Waals surface area contributed by atoms with Crippen molar-refractivity contribution in [1.82, 2.24) is 4.98 Å². The molecule has 2 aromatic carbocycles. The van der Waals surface area contributed by atoms with Gasteiger partial charge in [-0.25, -0.2) is 4.39 Å². The molecule has 2 N–H and O–H groups in total. The fraction of sp³-hybridized carbons (Fsp3) is 0.148. The minimum atomic E-state index is -0.880. The number of Topliss-reactive ketones (excluding diaryl/α,β-unsaturated/α-hetero) is 1. The van der Waals surface area contributed by atoms with Gasteiger partial charge in [0.05, 0.1) is 11.9 Å². The zero-order valence-electron chi connectivity index (χ0n) is 17.8. The van der Waals surface area contributed by atoms with Crippen LogP contribution in [-0.2, 0) is 4.79 Å². The SMILES string of the molecule is N=C1/C(=C(/O)c2ccccc2)C(c2ccccc2F)C2=C(CCCC2=O)N1c1cccnc1. The molecule has 0 bridgehead atoms. The van der Waals surface area contributed by atoms with Crippen molar-refractivity contribution in [2.75, 3.05) is 4.90 Å². The number of nitrogens with one attached hydrogen (secondary N) is 1. The Morgan fingerprint density at radius 3 is 2.52 bits per heavy atom. The molecule has 3 aromatic rings. The Morgan fingerprint density at radius 2 is 1.79 bits per heavy atom. The van der Waals surface area contributed by atoms with Crippen molar-refractivity contribution in [3.05, 3.63) is 113 Å². The van der Waals surface area contributed by atoms with E-state index in [1.54, 1.807) is 65.8 Å². The third-order valence-corrected chi connectivity index (χ3v) is 6.18. The average Bonchev–Trinajstić information content (AvgIpc) is 2.85. The van der Waals surface area contributed by atoms with Crippen LogP contribution in [0.25, 0.3) is 5.76 Å². The zero-order valence-corrected chi connectivity index (χ0v) is 17.8. The first-order valence-electron chi connectivity index (χ1n) is 10.9. The van der Waals surface area contributed by atoms with Gasteiger partial charge in [0.15, 0.2) is 5.78 Å². The third-order valence-electron chi connectivity index (χ3n) is 6.18. The van der Waals surface area contributed by atoms with Crippen molar-refractivity contribution in [3.8, 4) is 0 Å². The molecule has 1 unspecified atom stereocenters. The fourth-order valence-electron chi connectivity index (χ4n) is 4.73. The Balaban J connectivity index is 1.85. The van der Waals surface area contributed by atoms with Crippen LogP contribution in [0.3, 0.4) is 0 Å². The fourth-order valence-corrected chi connectivity index (χ4v) is 4.73. The summed E-state index contributed by atoms with van der Waals surface area (Å²) in [5.41, 5.74) is 2.69. The first-order chi connectivity index (χ1) is 16.1. The summed E-state index contributed by atoms with van der Waals surface area (Å²) in [6.45, 7) is 0. The molecule has 5 nitrogen and oxygen atoms in total. The topological polar surface area (TPSA) is 77.3 Å². The summed E-state index contributed by atoms with van der Waals surface area (Å²) in [4.78, 5) is 19.2. The van der Waals surface area contributed by atoms with E-state index in [9.17, 15) is 15.3 Å². The molecule has 2 aliphatic rings. The minimum Gasteiger partial charge on any atom is -0.507 e. The molecule has 1 aliphatic carbocycles. The maximum Gasteiger partial charge on any atom is 0.161 e. The van der Waals surface area contributed by atoms with Crippen LogP contribution in [0.15, 0.2) is 96.0 Å². The predicted octanol–water partition coefficient (Wildman–Crippen LogP) is 5.78. The highest BCUT2D eigenvalue weighted by atomic mass is 19.1. The highest BCUT2D eigenvalue weighted by molar-refractivity contribution is 6.19. The van der Waals surface area contributed by atoms with Crippen molar-refractivity contribution in [3.63, 3.8) is 0 Å². The number of hydrogen-bond donors (Lipinski definition) is 2. The predicted molar refractivity (Wildman–Crippen MR) is 125 cm³/mol. The molecule has 0 radical (unpaired) electrons. The van der Waals surface area contributed by atoms with Crippen molar-refractivity contribution in [2.45, 2.75) is 25.2 Å². The molecule has 0 spiro atoms. The number of aromatic nitrogens is 1. The first-order valence-corrected chi connectivity index (χ1v) is 10.9. The lowest BCUT2D eigenvalue weighted by molar-refractivity contribution is -0.116. The second-order valence-electron chi connectivity index (χ2n) is 8.12. The maximum absolute atomic E-state index is 15.1. The van der Waals surface area contributed by atoms with Gasteiger partial charge in [0.1, 0.15) is 17.4 Å². The van der Waals surface area contributed by atoms with E-state index in [4.69, 9.17) is 0 Å². The number of pyridine rings is 1. The van der Waals surface area contributed by atoms with E-state index in [-0.39, 0.29) is 28.5 Å². The number of carbonyl (C=O) groups excluding carboxylic acids is 1. The second-order valence-corrected chi connectivity index (χ2v) is 8.12. The number of ketones is 1.